The van der Waals surface area contributed by atoms with Crippen LogP contribution in [0, 0.1) is 0 Å². The second-order valence-electron chi connectivity index (χ2n) is 4.46. The Labute approximate surface area is 105 Å². The van der Waals surface area contributed by atoms with Crippen molar-refractivity contribution in [1.82, 2.24) is 5.32 Å². The minimum atomic E-state index is 0.279. The van der Waals surface area contributed by atoms with Crippen molar-refractivity contribution >= 4 is 0 Å². The van der Waals surface area contributed by atoms with E-state index in [1.165, 1.54) is 5.56 Å². The molecule has 0 amide bonds. The minimum Gasteiger partial charge on any atom is -0.472 e. The fraction of sp³-hybridized carbons (Fsp3) is 0.714. The van der Waals surface area contributed by atoms with Crippen LogP contribution in [0.15, 0.2) is 23.0 Å². The van der Waals surface area contributed by atoms with Gasteiger partial charge in [-0.1, -0.05) is 20.3 Å². The lowest BCUT2D eigenvalue weighted by Crippen LogP contribution is -2.42. The molecule has 0 saturated heterocycles. The SMILES string of the molecule is CCCNC(Cc1ccoc1)C(CCC)OC. The van der Waals surface area contributed by atoms with E-state index in [0.29, 0.717) is 6.04 Å². The molecule has 1 aromatic heterocycles. The van der Waals surface area contributed by atoms with Crippen LogP contribution in [0.1, 0.15) is 38.7 Å². The molecule has 2 atom stereocenters. The summed E-state index contributed by atoms with van der Waals surface area (Å²) in [6.45, 7) is 5.41. The van der Waals surface area contributed by atoms with Crippen molar-refractivity contribution < 1.29 is 9.15 Å². The molecule has 1 aromatic rings. The van der Waals surface area contributed by atoms with Crippen molar-refractivity contribution in [3.05, 3.63) is 24.2 Å². The fourth-order valence-electron chi connectivity index (χ4n) is 2.10. The van der Waals surface area contributed by atoms with Gasteiger partial charge in [0.15, 0.2) is 0 Å². The highest BCUT2D eigenvalue weighted by Crippen LogP contribution is 2.13. The van der Waals surface area contributed by atoms with E-state index >= 15 is 0 Å². The lowest BCUT2D eigenvalue weighted by molar-refractivity contribution is 0.0609. The lowest BCUT2D eigenvalue weighted by Gasteiger charge is -2.26. The highest BCUT2D eigenvalue weighted by atomic mass is 16.5. The molecule has 0 bridgehead atoms. The van der Waals surface area contributed by atoms with Gasteiger partial charge in [0, 0.05) is 13.2 Å². The first kappa shape index (κ1) is 14.3. The van der Waals surface area contributed by atoms with Crippen LogP contribution in [0.4, 0.5) is 0 Å². The van der Waals surface area contributed by atoms with E-state index in [2.05, 4.69) is 19.2 Å². The van der Waals surface area contributed by atoms with Crippen LogP contribution in [0.3, 0.4) is 0 Å². The summed E-state index contributed by atoms with van der Waals surface area (Å²) in [5.74, 6) is 0. The fourth-order valence-corrected chi connectivity index (χ4v) is 2.10. The number of methoxy groups -OCH3 is 1. The lowest BCUT2D eigenvalue weighted by atomic mass is 9.99. The number of nitrogens with one attached hydrogen (secondary N) is 1. The molecule has 0 aromatic carbocycles. The molecule has 0 saturated carbocycles. The van der Waals surface area contributed by atoms with E-state index in [-0.39, 0.29) is 6.10 Å². The van der Waals surface area contributed by atoms with Crippen LogP contribution < -0.4 is 5.32 Å². The molecule has 1 N–H and O–H groups in total. The number of rotatable bonds is 9. The molecule has 0 aliphatic heterocycles. The molecule has 17 heavy (non-hydrogen) atoms. The van der Waals surface area contributed by atoms with Gasteiger partial charge < -0.3 is 14.5 Å². The largest absolute Gasteiger partial charge is 0.472 e. The average molecular weight is 239 g/mol. The maximum Gasteiger partial charge on any atom is 0.0935 e. The van der Waals surface area contributed by atoms with Gasteiger partial charge in [-0.05, 0) is 37.4 Å². The van der Waals surface area contributed by atoms with Gasteiger partial charge >= 0.3 is 0 Å². The van der Waals surface area contributed by atoms with Crippen LogP contribution in [-0.4, -0.2) is 25.8 Å². The molecule has 1 rings (SSSR count). The molecule has 2 unspecified atom stereocenters. The second-order valence-corrected chi connectivity index (χ2v) is 4.46. The summed E-state index contributed by atoms with van der Waals surface area (Å²) in [7, 11) is 1.80. The zero-order valence-corrected chi connectivity index (χ0v) is 11.2. The van der Waals surface area contributed by atoms with Crippen molar-refractivity contribution in [3.63, 3.8) is 0 Å². The van der Waals surface area contributed by atoms with Crippen molar-refractivity contribution in [2.24, 2.45) is 0 Å². The Hall–Kier alpha value is -0.800. The third kappa shape index (κ3) is 4.92. The van der Waals surface area contributed by atoms with Gasteiger partial charge in [0.2, 0.25) is 0 Å². The van der Waals surface area contributed by atoms with E-state index < -0.39 is 0 Å². The summed E-state index contributed by atoms with van der Waals surface area (Å²) >= 11 is 0. The van der Waals surface area contributed by atoms with Crippen LogP contribution >= 0.6 is 0 Å². The van der Waals surface area contributed by atoms with E-state index in [4.69, 9.17) is 9.15 Å². The van der Waals surface area contributed by atoms with Crippen molar-refractivity contribution in [1.29, 1.82) is 0 Å². The molecule has 1 heterocycles. The molecule has 0 radical (unpaired) electrons. The predicted octanol–water partition coefficient (Wildman–Crippen LogP) is 3.01. The van der Waals surface area contributed by atoms with Gasteiger partial charge in [0.1, 0.15) is 0 Å². The number of ether oxygens (including phenoxy) is 1. The van der Waals surface area contributed by atoms with Crippen LogP contribution in [0.25, 0.3) is 0 Å². The summed E-state index contributed by atoms with van der Waals surface area (Å²) in [4.78, 5) is 0. The Bertz CT molecular complexity index is 272. The highest BCUT2D eigenvalue weighted by molar-refractivity contribution is 5.08. The third-order valence-corrected chi connectivity index (χ3v) is 3.02. The third-order valence-electron chi connectivity index (χ3n) is 3.02. The van der Waals surface area contributed by atoms with Gasteiger partial charge in [-0.15, -0.1) is 0 Å². The summed E-state index contributed by atoms with van der Waals surface area (Å²) in [5, 5.41) is 3.58. The van der Waals surface area contributed by atoms with Gasteiger partial charge in [-0.2, -0.15) is 0 Å². The zero-order valence-electron chi connectivity index (χ0n) is 11.2. The van der Waals surface area contributed by atoms with Gasteiger partial charge in [-0.3, -0.25) is 0 Å². The van der Waals surface area contributed by atoms with Gasteiger partial charge in [-0.25, -0.2) is 0 Å². The van der Waals surface area contributed by atoms with E-state index in [0.717, 1.165) is 32.2 Å². The van der Waals surface area contributed by atoms with E-state index in [1.54, 1.807) is 13.4 Å². The van der Waals surface area contributed by atoms with Crippen molar-refractivity contribution in [2.45, 2.75) is 51.7 Å². The highest BCUT2D eigenvalue weighted by Gasteiger charge is 2.20. The summed E-state index contributed by atoms with van der Waals surface area (Å²) in [6, 6.07) is 2.40. The standard InChI is InChI=1S/C14H25NO2/c1-4-6-14(16-3)13(15-8-5-2)10-12-7-9-17-11-12/h7,9,11,13-15H,4-6,8,10H2,1-3H3. The molecule has 0 aliphatic carbocycles. The van der Waals surface area contributed by atoms with Crippen molar-refractivity contribution in [3.8, 4) is 0 Å². The topological polar surface area (TPSA) is 34.4 Å². The molecule has 3 nitrogen and oxygen atoms in total. The Morgan fingerprint density at radius 3 is 2.71 bits per heavy atom. The molecule has 0 fully saturated rings. The van der Waals surface area contributed by atoms with Crippen molar-refractivity contribution in [2.75, 3.05) is 13.7 Å². The maximum absolute atomic E-state index is 5.61. The Balaban J connectivity index is 2.57. The first-order valence-electron chi connectivity index (χ1n) is 6.59. The quantitative estimate of drug-likeness (QED) is 0.719. The molecule has 3 heteroatoms. The molecular weight excluding hydrogens is 214 g/mol. The number of furan rings is 1. The van der Waals surface area contributed by atoms with Crippen LogP contribution in [-0.2, 0) is 11.2 Å². The predicted molar refractivity (Wildman–Crippen MR) is 70.2 cm³/mol. The Morgan fingerprint density at radius 1 is 1.35 bits per heavy atom. The Morgan fingerprint density at radius 2 is 2.18 bits per heavy atom. The average Bonchev–Trinajstić information content (AvgIpc) is 2.84. The number of hydrogen-bond donors (Lipinski definition) is 1. The van der Waals surface area contributed by atoms with Crippen LogP contribution in [0.2, 0.25) is 0 Å². The number of hydrogen-bond acceptors (Lipinski definition) is 3. The van der Waals surface area contributed by atoms with E-state index in [9.17, 15) is 0 Å². The second kappa shape index (κ2) is 8.31. The molecular formula is C14H25NO2. The summed E-state index contributed by atoms with van der Waals surface area (Å²) < 4.78 is 10.7. The first-order valence-corrected chi connectivity index (χ1v) is 6.59. The molecule has 98 valence electrons. The van der Waals surface area contributed by atoms with Gasteiger partial charge in [0.25, 0.3) is 0 Å². The monoisotopic (exact) mass is 239 g/mol. The summed E-state index contributed by atoms with van der Waals surface area (Å²) in [6.07, 6.45) is 8.18. The maximum atomic E-state index is 5.61. The Kier molecular flexibility index (Phi) is 6.97. The van der Waals surface area contributed by atoms with E-state index in [1.807, 2.05) is 12.3 Å². The summed E-state index contributed by atoms with van der Waals surface area (Å²) in [5.41, 5.74) is 1.23. The smallest absolute Gasteiger partial charge is 0.0935 e. The molecule has 0 aliphatic rings. The first-order chi connectivity index (χ1) is 8.31. The van der Waals surface area contributed by atoms with Gasteiger partial charge in [0.05, 0.1) is 18.6 Å². The minimum absolute atomic E-state index is 0.279. The van der Waals surface area contributed by atoms with Crippen LogP contribution in [0.5, 0.6) is 0 Å². The zero-order chi connectivity index (χ0) is 12.5. The normalized spacial score (nSPS) is 14.8. The molecule has 0 spiro atoms.